The Labute approximate surface area is 209 Å². The van der Waals surface area contributed by atoms with Crippen molar-refractivity contribution in [2.24, 2.45) is 0 Å². The summed E-state index contributed by atoms with van der Waals surface area (Å²) in [5, 5.41) is 15.5. The highest BCUT2D eigenvalue weighted by Gasteiger charge is 2.33. The molecule has 0 bridgehead atoms. The molecular formula is C27H43N3O5. The molecule has 0 spiro atoms. The number of ether oxygens (including phenoxy) is 1. The van der Waals surface area contributed by atoms with E-state index in [0.717, 1.165) is 51.4 Å². The second-order valence-electron chi connectivity index (χ2n) is 10.3. The summed E-state index contributed by atoms with van der Waals surface area (Å²) in [5.74, 6) is -0.500. The molecule has 1 fully saturated rings. The lowest BCUT2D eigenvalue weighted by atomic mass is 9.94. The van der Waals surface area contributed by atoms with Crippen LogP contribution in [0.25, 0.3) is 0 Å². The van der Waals surface area contributed by atoms with Gasteiger partial charge in [-0.2, -0.15) is 0 Å². The molecule has 3 N–H and O–H groups in total. The number of aromatic hydroxyl groups is 1. The van der Waals surface area contributed by atoms with Gasteiger partial charge >= 0.3 is 6.09 Å². The SMILES string of the molecule is CCCCCCN(C(=O)CNC(=O)OC(C)(C)C)C(C(=O)NC1CCCCC1)c1ccc(O)cc1. The van der Waals surface area contributed by atoms with E-state index in [1.165, 1.54) is 18.6 Å². The molecule has 8 heteroatoms. The summed E-state index contributed by atoms with van der Waals surface area (Å²) < 4.78 is 5.26. The van der Waals surface area contributed by atoms with Crippen LogP contribution in [-0.4, -0.2) is 52.6 Å². The number of hydrogen-bond donors (Lipinski definition) is 3. The van der Waals surface area contributed by atoms with Gasteiger partial charge in [0, 0.05) is 12.6 Å². The van der Waals surface area contributed by atoms with E-state index in [1.54, 1.807) is 37.8 Å². The first-order valence-corrected chi connectivity index (χ1v) is 13.0. The number of benzene rings is 1. The third-order valence-corrected chi connectivity index (χ3v) is 6.08. The minimum atomic E-state index is -0.855. The smallest absolute Gasteiger partial charge is 0.408 e. The zero-order chi connectivity index (χ0) is 25.8. The molecule has 2 rings (SSSR count). The van der Waals surface area contributed by atoms with Crippen LogP contribution in [0.5, 0.6) is 5.75 Å². The lowest BCUT2D eigenvalue weighted by molar-refractivity contribution is -0.140. The van der Waals surface area contributed by atoms with Crippen molar-refractivity contribution in [1.29, 1.82) is 0 Å². The first-order chi connectivity index (χ1) is 16.6. The predicted octanol–water partition coefficient (Wildman–Crippen LogP) is 4.82. The van der Waals surface area contributed by atoms with Crippen molar-refractivity contribution in [3.63, 3.8) is 0 Å². The van der Waals surface area contributed by atoms with Gasteiger partial charge < -0.3 is 25.4 Å². The van der Waals surface area contributed by atoms with E-state index in [2.05, 4.69) is 17.6 Å². The summed E-state index contributed by atoms with van der Waals surface area (Å²) in [6.07, 6.45) is 8.29. The number of carbonyl (C=O) groups excluding carboxylic acids is 3. The third-order valence-electron chi connectivity index (χ3n) is 6.08. The number of phenolic OH excluding ortho intramolecular Hbond substituents is 1. The fraction of sp³-hybridized carbons (Fsp3) is 0.667. The van der Waals surface area contributed by atoms with Crippen LogP contribution in [-0.2, 0) is 14.3 Å². The lowest BCUT2D eigenvalue weighted by Gasteiger charge is -2.33. The van der Waals surface area contributed by atoms with Crippen molar-refractivity contribution >= 4 is 17.9 Å². The molecule has 0 radical (unpaired) electrons. The van der Waals surface area contributed by atoms with Crippen LogP contribution in [0.4, 0.5) is 4.79 Å². The van der Waals surface area contributed by atoms with E-state index in [0.29, 0.717) is 12.1 Å². The number of unbranched alkanes of at least 4 members (excludes halogenated alkanes) is 3. The van der Waals surface area contributed by atoms with Gasteiger partial charge in [-0.15, -0.1) is 0 Å². The minimum absolute atomic E-state index is 0.0904. The van der Waals surface area contributed by atoms with Crippen molar-refractivity contribution < 1.29 is 24.2 Å². The first-order valence-electron chi connectivity index (χ1n) is 13.0. The van der Waals surface area contributed by atoms with E-state index in [4.69, 9.17) is 4.74 Å². The molecule has 0 saturated heterocycles. The highest BCUT2D eigenvalue weighted by atomic mass is 16.6. The second kappa shape index (κ2) is 14.0. The molecule has 1 aromatic rings. The Morgan fingerprint density at radius 1 is 1.06 bits per heavy atom. The Kier molecular flexibility index (Phi) is 11.3. The molecule has 1 aliphatic rings. The van der Waals surface area contributed by atoms with Gasteiger partial charge in [-0.05, 0) is 57.7 Å². The number of nitrogens with zero attached hydrogens (tertiary/aromatic N) is 1. The first kappa shape index (κ1) is 28.5. The Balaban J connectivity index is 2.25. The van der Waals surface area contributed by atoms with Crippen LogP contribution in [0.1, 0.15) is 97.1 Å². The zero-order valence-corrected chi connectivity index (χ0v) is 21.8. The minimum Gasteiger partial charge on any atom is -0.508 e. The van der Waals surface area contributed by atoms with Gasteiger partial charge in [-0.3, -0.25) is 9.59 Å². The maximum absolute atomic E-state index is 13.6. The number of amides is 3. The van der Waals surface area contributed by atoms with Gasteiger partial charge in [-0.1, -0.05) is 57.6 Å². The van der Waals surface area contributed by atoms with Crippen LogP contribution in [0, 0.1) is 0 Å². The number of phenols is 1. The number of carbonyl (C=O) groups is 3. The van der Waals surface area contributed by atoms with E-state index < -0.39 is 17.7 Å². The van der Waals surface area contributed by atoms with Crippen molar-refractivity contribution in [2.75, 3.05) is 13.1 Å². The lowest BCUT2D eigenvalue weighted by Crippen LogP contribution is -2.50. The standard InChI is InChI=1S/C27H43N3O5/c1-5-6-7-11-18-30(23(32)19-28-26(34)35-27(2,3)4)24(20-14-16-22(31)17-15-20)25(33)29-21-12-9-8-10-13-21/h14-17,21,24,31H,5-13,18-19H2,1-4H3,(H,28,34)(H,29,33). The Morgan fingerprint density at radius 3 is 2.31 bits per heavy atom. The van der Waals surface area contributed by atoms with Crippen LogP contribution in [0.2, 0.25) is 0 Å². The van der Waals surface area contributed by atoms with Gasteiger partial charge in [-0.25, -0.2) is 4.79 Å². The summed E-state index contributed by atoms with van der Waals surface area (Å²) in [4.78, 5) is 40.7. The van der Waals surface area contributed by atoms with Crippen molar-refractivity contribution in [3.05, 3.63) is 29.8 Å². The quantitative estimate of drug-likeness (QED) is 0.386. The maximum Gasteiger partial charge on any atom is 0.408 e. The number of nitrogens with one attached hydrogen (secondary N) is 2. The highest BCUT2D eigenvalue weighted by molar-refractivity contribution is 5.90. The monoisotopic (exact) mass is 489 g/mol. The molecule has 1 atom stereocenters. The van der Waals surface area contributed by atoms with Crippen molar-refractivity contribution in [3.8, 4) is 5.75 Å². The zero-order valence-electron chi connectivity index (χ0n) is 21.8. The average Bonchev–Trinajstić information content (AvgIpc) is 2.80. The average molecular weight is 490 g/mol. The molecule has 35 heavy (non-hydrogen) atoms. The molecule has 3 amide bonds. The molecule has 196 valence electrons. The molecule has 0 aliphatic heterocycles. The van der Waals surface area contributed by atoms with E-state index in [9.17, 15) is 19.5 Å². The van der Waals surface area contributed by atoms with E-state index >= 15 is 0 Å². The molecule has 8 nitrogen and oxygen atoms in total. The Bertz CT molecular complexity index is 813. The van der Waals surface area contributed by atoms with Gasteiger partial charge in [0.1, 0.15) is 23.9 Å². The fourth-order valence-corrected chi connectivity index (χ4v) is 4.33. The number of alkyl carbamates (subject to hydrolysis) is 1. The molecule has 0 heterocycles. The van der Waals surface area contributed by atoms with Gasteiger partial charge in [0.25, 0.3) is 0 Å². The fourth-order valence-electron chi connectivity index (χ4n) is 4.33. The Morgan fingerprint density at radius 2 is 1.71 bits per heavy atom. The van der Waals surface area contributed by atoms with Crippen LogP contribution >= 0.6 is 0 Å². The predicted molar refractivity (Wildman–Crippen MR) is 136 cm³/mol. The van der Waals surface area contributed by atoms with Gasteiger partial charge in [0.05, 0.1) is 0 Å². The number of hydrogen-bond acceptors (Lipinski definition) is 5. The van der Waals surface area contributed by atoms with Crippen LogP contribution in [0.3, 0.4) is 0 Å². The second-order valence-corrected chi connectivity index (χ2v) is 10.3. The van der Waals surface area contributed by atoms with Gasteiger partial charge in [0.15, 0.2) is 0 Å². The van der Waals surface area contributed by atoms with Crippen LogP contribution < -0.4 is 10.6 Å². The van der Waals surface area contributed by atoms with Crippen LogP contribution in [0.15, 0.2) is 24.3 Å². The summed E-state index contributed by atoms with van der Waals surface area (Å²) in [7, 11) is 0. The number of rotatable bonds is 11. The van der Waals surface area contributed by atoms with E-state index in [-0.39, 0.29) is 30.2 Å². The normalized spacial score (nSPS) is 15.2. The van der Waals surface area contributed by atoms with Gasteiger partial charge in [0.2, 0.25) is 11.8 Å². The topological polar surface area (TPSA) is 108 Å². The third kappa shape index (κ3) is 10.2. The highest BCUT2D eigenvalue weighted by Crippen LogP contribution is 2.26. The van der Waals surface area contributed by atoms with Crippen molar-refractivity contribution in [2.45, 2.75) is 103 Å². The molecule has 1 aromatic carbocycles. The van der Waals surface area contributed by atoms with E-state index in [1.807, 2.05) is 0 Å². The molecule has 1 aliphatic carbocycles. The molecule has 1 saturated carbocycles. The Hall–Kier alpha value is -2.77. The summed E-state index contributed by atoms with van der Waals surface area (Å²) in [6, 6.07) is 5.63. The molecular weight excluding hydrogens is 446 g/mol. The molecule has 0 aromatic heterocycles. The summed E-state index contributed by atoms with van der Waals surface area (Å²) in [5.41, 5.74) is -0.0567. The summed E-state index contributed by atoms with van der Waals surface area (Å²) in [6.45, 7) is 7.50. The molecule has 1 unspecified atom stereocenters. The maximum atomic E-state index is 13.6. The summed E-state index contributed by atoms with van der Waals surface area (Å²) >= 11 is 0. The van der Waals surface area contributed by atoms with Crippen molar-refractivity contribution in [1.82, 2.24) is 15.5 Å². The largest absolute Gasteiger partial charge is 0.508 e.